The minimum absolute atomic E-state index is 0.0315. The van der Waals surface area contributed by atoms with E-state index in [2.05, 4.69) is 21.8 Å². The lowest BCUT2D eigenvalue weighted by atomic mass is 10.1. The monoisotopic (exact) mass is 442 g/mol. The van der Waals surface area contributed by atoms with Crippen molar-refractivity contribution in [1.82, 2.24) is 14.5 Å². The van der Waals surface area contributed by atoms with Crippen molar-refractivity contribution in [2.75, 3.05) is 18.0 Å². The van der Waals surface area contributed by atoms with Crippen molar-refractivity contribution in [2.45, 2.75) is 38.8 Å². The molecule has 0 unspecified atom stereocenters. The summed E-state index contributed by atoms with van der Waals surface area (Å²) in [5.41, 5.74) is 1.71. The largest absolute Gasteiger partial charge is 0.488 e. The molecule has 1 saturated heterocycles. The summed E-state index contributed by atoms with van der Waals surface area (Å²) in [5.74, 6) is 0.814. The molecule has 6 nitrogen and oxygen atoms in total. The summed E-state index contributed by atoms with van der Waals surface area (Å²) in [6.45, 7) is 3.94. The van der Waals surface area contributed by atoms with Crippen molar-refractivity contribution < 1.29 is 9.13 Å². The van der Waals surface area contributed by atoms with Crippen LogP contribution in [0.15, 0.2) is 53.7 Å². The molecular weight excluding hydrogens is 419 g/mol. The van der Waals surface area contributed by atoms with Crippen molar-refractivity contribution in [3.8, 4) is 5.75 Å². The highest BCUT2D eigenvalue weighted by Gasteiger charge is 2.23. The van der Waals surface area contributed by atoms with E-state index in [1.807, 2.05) is 12.4 Å². The average molecular weight is 443 g/mol. The number of hydrogen-bond acceptors (Lipinski definition) is 5. The molecule has 0 saturated carbocycles. The van der Waals surface area contributed by atoms with Gasteiger partial charge in [-0.1, -0.05) is 30.7 Å². The third-order valence-electron chi connectivity index (χ3n) is 5.43. The van der Waals surface area contributed by atoms with Crippen LogP contribution in [0.5, 0.6) is 5.75 Å². The Hall–Kier alpha value is -2.93. The molecule has 31 heavy (non-hydrogen) atoms. The quantitative estimate of drug-likeness (QED) is 0.575. The first-order valence-electron chi connectivity index (χ1n) is 10.4. The predicted octanol–water partition coefficient (Wildman–Crippen LogP) is 4.09. The zero-order valence-electron chi connectivity index (χ0n) is 17.3. The Kier molecular flexibility index (Phi) is 6.51. The summed E-state index contributed by atoms with van der Waals surface area (Å²) in [6, 6.07) is 7.45. The minimum atomic E-state index is -0.312. The van der Waals surface area contributed by atoms with E-state index in [4.69, 9.17) is 16.3 Å². The summed E-state index contributed by atoms with van der Waals surface area (Å²) in [6.07, 6.45) is 7.76. The highest BCUT2D eigenvalue weighted by molar-refractivity contribution is 6.31. The highest BCUT2D eigenvalue weighted by Crippen LogP contribution is 2.26. The maximum absolute atomic E-state index is 13.1. The average Bonchev–Trinajstić information content (AvgIpc) is 2.79. The van der Waals surface area contributed by atoms with Crippen molar-refractivity contribution in [3.63, 3.8) is 0 Å². The SMILES string of the molecule is CCc1cnc(N2CCC(Oc3cc(=O)n(Cc4ccc(F)cc4)cc3Cl)CC2)nc1. The van der Waals surface area contributed by atoms with E-state index < -0.39 is 0 Å². The standard InChI is InChI=1S/C23H24ClFN4O2/c1-2-16-12-26-23(27-13-16)28-9-7-19(8-10-28)31-21-11-22(30)29(15-20(21)24)14-17-3-5-18(25)6-4-17/h3-6,11-13,15,19H,2,7-10,14H2,1H3. The second-order valence-electron chi connectivity index (χ2n) is 7.63. The molecule has 1 aliphatic heterocycles. The third kappa shape index (κ3) is 5.22. The van der Waals surface area contributed by atoms with Gasteiger partial charge in [0.1, 0.15) is 17.7 Å². The smallest absolute Gasteiger partial charge is 0.254 e. The summed E-state index contributed by atoms with van der Waals surface area (Å²) in [4.78, 5) is 23.6. The predicted molar refractivity (Wildman–Crippen MR) is 118 cm³/mol. The van der Waals surface area contributed by atoms with Crippen LogP contribution in [0, 0.1) is 5.82 Å². The second-order valence-corrected chi connectivity index (χ2v) is 8.03. The van der Waals surface area contributed by atoms with Gasteiger partial charge in [-0.2, -0.15) is 0 Å². The lowest BCUT2D eigenvalue weighted by molar-refractivity contribution is 0.170. The fraction of sp³-hybridized carbons (Fsp3) is 0.348. The summed E-state index contributed by atoms with van der Waals surface area (Å²) < 4.78 is 20.6. The van der Waals surface area contributed by atoms with Crippen LogP contribution >= 0.6 is 11.6 Å². The fourth-order valence-electron chi connectivity index (χ4n) is 3.58. The van der Waals surface area contributed by atoms with Crippen LogP contribution < -0.4 is 15.2 Å². The number of pyridine rings is 1. The maximum Gasteiger partial charge on any atom is 0.254 e. The van der Waals surface area contributed by atoms with E-state index >= 15 is 0 Å². The Morgan fingerprint density at radius 3 is 2.45 bits per heavy atom. The number of nitrogens with zero attached hydrogens (tertiary/aromatic N) is 4. The Bertz CT molecular complexity index is 1080. The van der Waals surface area contributed by atoms with Crippen LogP contribution in [-0.2, 0) is 13.0 Å². The molecule has 1 aromatic carbocycles. The molecular formula is C23H24ClFN4O2. The zero-order chi connectivity index (χ0) is 21.8. The zero-order valence-corrected chi connectivity index (χ0v) is 18.1. The molecule has 0 atom stereocenters. The minimum Gasteiger partial charge on any atom is -0.488 e. The van der Waals surface area contributed by atoms with Gasteiger partial charge in [-0.05, 0) is 29.7 Å². The number of ether oxygens (including phenoxy) is 1. The number of aryl methyl sites for hydroxylation is 1. The molecule has 3 heterocycles. The number of piperidine rings is 1. The molecule has 1 aliphatic rings. The first kappa shape index (κ1) is 21.3. The van der Waals surface area contributed by atoms with Crippen LogP contribution in [0.4, 0.5) is 10.3 Å². The summed E-state index contributed by atoms with van der Waals surface area (Å²) in [7, 11) is 0. The topological polar surface area (TPSA) is 60.3 Å². The second kappa shape index (κ2) is 9.47. The van der Waals surface area contributed by atoms with Crippen LogP contribution in [0.3, 0.4) is 0 Å². The first-order chi connectivity index (χ1) is 15.0. The van der Waals surface area contributed by atoms with E-state index in [1.165, 1.54) is 22.8 Å². The van der Waals surface area contributed by atoms with Gasteiger partial charge < -0.3 is 14.2 Å². The molecule has 0 radical (unpaired) electrons. The van der Waals surface area contributed by atoms with E-state index in [9.17, 15) is 9.18 Å². The van der Waals surface area contributed by atoms with Gasteiger partial charge in [-0.3, -0.25) is 4.79 Å². The Morgan fingerprint density at radius 2 is 1.81 bits per heavy atom. The van der Waals surface area contributed by atoms with Crippen LogP contribution in [0.25, 0.3) is 0 Å². The Labute approximate surface area is 185 Å². The van der Waals surface area contributed by atoms with Gasteiger partial charge in [0.15, 0.2) is 0 Å². The van der Waals surface area contributed by atoms with Gasteiger partial charge in [-0.15, -0.1) is 0 Å². The molecule has 0 amide bonds. The maximum atomic E-state index is 13.1. The van der Waals surface area contributed by atoms with Gasteiger partial charge >= 0.3 is 0 Å². The van der Waals surface area contributed by atoms with E-state index in [0.717, 1.165) is 49.4 Å². The molecule has 8 heteroatoms. The van der Waals surface area contributed by atoms with Crippen molar-refractivity contribution in [3.05, 3.63) is 81.2 Å². The van der Waals surface area contributed by atoms with Gasteiger partial charge in [0.25, 0.3) is 5.56 Å². The molecule has 2 aromatic heterocycles. The lowest BCUT2D eigenvalue weighted by Gasteiger charge is -2.32. The van der Waals surface area contributed by atoms with Gasteiger partial charge in [0, 0.05) is 50.6 Å². The van der Waals surface area contributed by atoms with E-state index in [0.29, 0.717) is 17.3 Å². The molecule has 162 valence electrons. The highest BCUT2D eigenvalue weighted by atomic mass is 35.5. The van der Waals surface area contributed by atoms with E-state index in [-0.39, 0.29) is 17.5 Å². The molecule has 0 N–H and O–H groups in total. The van der Waals surface area contributed by atoms with Crippen LogP contribution in [-0.4, -0.2) is 33.7 Å². The lowest BCUT2D eigenvalue weighted by Crippen LogP contribution is -2.39. The number of benzene rings is 1. The van der Waals surface area contributed by atoms with Gasteiger partial charge in [-0.25, -0.2) is 14.4 Å². The van der Waals surface area contributed by atoms with Crippen molar-refractivity contribution >= 4 is 17.5 Å². The van der Waals surface area contributed by atoms with Crippen molar-refractivity contribution in [1.29, 1.82) is 0 Å². The van der Waals surface area contributed by atoms with E-state index in [1.54, 1.807) is 18.3 Å². The number of anilines is 1. The molecule has 0 bridgehead atoms. The van der Waals surface area contributed by atoms with Gasteiger partial charge in [0.05, 0.1) is 11.6 Å². The summed E-state index contributed by atoms with van der Waals surface area (Å²) in [5, 5.41) is 0.377. The number of aromatic nitrogens is 3. The molecule has 4 rings (SSSR count). The Balaban J connectivity index is 1.37. The van der Waals surface area contributed by atoms with Crippen LogP contribution in [0.2, 0.25) is 5.02 Å². The molecule has 1 fully saturated rings. The Morgan fingerprint density at radius 1 is 1.13 bits per heavy atom. The van der Waals surface area contributed by atoms with Gasteiger partial charge in [0.2, 0.25) is 5.95 Å². The molecule has 0 aliphatic carbocycles. The third-order valence-corrected chi connectivity index (χ3v) is 5.71. The normalized spacial score (nSPS) is 14.6. The molecule has 3 aromatic rings. The summed E-state index contributed by atoms with van der Waals surface area (Å²) >= 11 is 6.39. The number of halogens is 2. The fourth-order valence-corrected chi connectivity index (χ4v) is 3.79. The number of hydrogen-bond donors (Lipinski definition) is 0. The molecule has 0 spiro atoms. The first-order valence-corrected chi connectivity index (χ1v) is 10.8. The van der Waals surface area contributed by atoms with Crippen LogP contribution in [0.1, 0.15) is 30.9 Å². The van der Waals surface area contributed by atoms with Crippen molar-refractivity contribution in [2.24, 2.45) is 0 Å². The number of rotatable bonds is 6.